The molecule has 0 N–H and O–H groups in total. The van der Waals surface area contributed by atoms with Crippen molar-refractivity contribution in [3.63, 3.8) is 0 Å². The largest absolute Gasteiger partial charge is 0.444 e. The average Bonchev–Trinajstić information content (AvgIpc) is 3.01. The number of halogens is 1. The van der Waals surface area contributed by atoms with Gasteiger partial charge >= 0.3 is 0 Å². The Balaban J connectivity index is 1.77. The molecule has 3 nitrogen and oxygen atoms in total. The zero-order chi connectivity index (χ0) is 13.2. The Bertz CT molecular complexity index is 567. The molecule has 1 aromatic carbocycles. The SMILES string of the molecule is CN1CCC[C@H]1c1ncc(Cc2ccccc2Cl)o1. The summed E-state index contributed by atoms with van der Waals surface area (Å²) in [6.45, 7) is 1.12. The van der Waals surface area contributed by atoms with Crippen LogP contribution in [0.4, 0.5) is 0 Å². The minimum atomic E-state index is 0.333. The quantitative estimate of drug-likeness (QED) is 0.856. The monoisotopic (exact) mass is 276 g/mol. The first-order chi connectivity index (χ1) is 9.24. The smallest absolute Gasteiger partial charge is 0.211 e. The van der Waals surface area contributed by atoms with Crippen LogP contribution in [-0.4, -0.2) is 23.5 Å². The van der Waals surface area contributed by atoms with Crippen molar-refractivity contribution in [2.75, 3.05) is 13.6 Å². The third kappa shape index (κ3) is 2.67. The molecule has 2 aromatic rings. The standard InChI is InChI=1S/C15H17ClN2O/c1-18-8-4-7-14(18)15-17-10-12(19-15)9-11-5-2-3-6-13(11)16/h2-3,5-6,10,14H,4,7-9H2,1H3/t14-/m0/s1. The predicted octanol–water partition coefficient (Wildman–Crippen LogP) is 3.69. The van der Waals surface area contributed by atoms with E-state index in [-0.39, 0.29) is 0 Å². The highest BCUT2D eigenvalue weighted by atomic mass is 35.5. The Morgan fingerprint density at radius 1 is 1.42 bits per heavy atom. The van der Waals surface area contributed by atoms with Crippen molar-refractivity contribution in [3.8, 4) is 0 Å². The van der Waals surface area contributed by atoms with Crippen LogP contribution in [0.15, 0.2) is 34.9 Å². The van der Waals surface area contributed by atoms with Gasteiger partial charge in [-0.2, -0.15) is 0 Å². The van der Waals surface area contributed by atoms with Crippen molar-refractivity contribution in [2.45, 2.75) is 25.3 Å². The van der Waals surface area contributed by atoms with Gasteiger partial charge in [-0.3, -0.25) is 4.90 Å². The van der Waals surface area contributed by atoms with E-state index in [1.54, 1.807) is 0 Å². The van der Waals surface area contributed by atoms with Crippen molar-refractivity contribution in [2.24, 2.45) is 0 Å². The molecule has 100 valence electrons. The summed E-state index contributed by atoms with van der Waals surface area (Å²) < 4.78 is 5.89. The van der Waals surface area contributed by atoms with Crippen LogP contribution in [0.1, 0.15) is 36.1 Å². The van der Waals surface area contributed by atoms with Gasteiger partial charge in [0.1, 0.15) is 5.76 Å². The van der Waals surface area contributed by atoms with Gasteiger partial charge in [-0.1, -0.05) is 29.8 Å². The summed E-state index contributed by atoms with van der Waals surface area (Å²) in [7, 11) is 2.12. The molecule has 1 aliphatic rings. The molecule has 4 heteroatoms. The van der Waals surface area contributed by atoms with Crippen molar-refractivity contribution in [1.82, 2.24) is 9.88 Å². The molecular weight excluding hydrogens is 260 g/mol. The number of likely N-dealkylation sites (tertiary alicyclic amines) is 1. The van der Waals surface area contributed by atoms with Crippen molar-refractivity contribution in [3.05, 3.63) is 52.7 Å². The lowest BCUT2D eigenvalue weighted by Crippen LogP contribution is -2.17. The fourth-order valence-corrected chi connectivity index (χ4v) is 2.81. The highest BCUT2D eigenvalue weighted by Crippen LogP contribution is 2.30. The number of nitrogens with zero attached hydrogens (tertiary/aromatic N) is 2. The van der Waals surface area contributed by atoms with Crippen LogP contribution in [0.3, 0.4) is 0 Å². The highest BCUT2D eigenvalue weighted by molar-refractivity contribution is 6.31. The molecule has 1 aliphatic heterocycles. The lowest BCUT2D eigenvalue weighted by atomic mass is 10.1. The normalized spacial score (nSPS) is 20.0. The highest BCUT2D eigenvalue weighted by Gasteiger charge is 2.26. The van der Waals surface area contributed by atoms with Crippen molar-refractivity contribution in [1.29, 1.82) is 0 Å². The molecule has 3 rings (SSSR count). The van der Waals surface area contributed by atoms with E-state index in [4.69, 9.17) is 16.0 Å². The number of aromatic nitrogens is 1. The zero-order valence-corrected chi connectivity index (χ0v) is 11.7. The summed E-state index contributed by atoms with van der Waals surface area (Å²) in [4.78, 5) is 6.72. The summed E-state index contributed by atoms with van der Waals surface area (Å²) in [5.74, 6) is 1.71. The van der Waals surface area contributed by atoms with Gasteiger partial charge in [-0.25, -0.2) is 4.98 Å². The fourth-order valence-electron chi connectivity index (χ4n) is 2.61. The number of rotatable bonds is 3. The van der Waals surface area contributed by atoms with Crippen LogP contribution in [0, 0.1) is 0 Å². The number of hydrogen-bond acceptors (Lipinski definition) is 3. The average molecular weight is 277 g/mol. The first-order valence-electron chi connectivity index (χ1n) is 6.62. The van der Waals surface area contributed by atoms with Crippen LogP contribution in [0.25, 0.3) is 0 Å². The van der Waals surface area contributed by atoms with Crippen LogP contribution >= 0.6 is 11.6 Å². The number of oxazole rings is 1. The maximum Gasteiger partial charge on any atom is 0.211 e. The van der Waals surface area contributed by atoms with Gasteiger partial charge in [0.05, 0.1) is 12.2 Å². The van der Waals surface area contributed by atoms with E-state index in [0.717, 1.165) is 35.2 Å². The molecule has 2 heterocycles. The second kappa shape index (κ2) is 5.35. The molecule has 0 radical (unpaired) electrons. The second-order valence-electron chi connectivity index (χ2n) is 5.07. The maximum atomic E-state index is 6.16. The van der Waals surface area contributed by atoms with E-state index in [2.05, 4.69) is 16.9 Å². The Morgan fingerprint density at radius 2 is 2.26 bits per heavy atom. The summed E-state index contributed by atoms with van der Waals surface area (Å²) in [5.41, 5.74) is 1.08. The molecule has 0 aliphatic carbocycles. The summed E-state index contributed by atoms with van der Waals surface area (Å²) in [5, 5.41) is 0.776. The third-order valence-electron chi connectivity index (χ3n) is 3.70. The molecule has 0 saturated carbocycles. The van der Waals surface area contributed by atoms with Gasteiger partial charge in [0.15, 0.2) is 0 Å². The van der Waals surface area contributed by atoms with Crippen LogP contribution in [0.5, 0.6) is 0 Å². The number of benzene rings is 1. The Morgan fingerprint density at radius 3 is 3.00 bits per heavy atom. The van der Waals surface area contributed by atoms with Gasteiger partial charge in [0.2, 0.25) is 5.89 Å². The summed E-state index contributed by atoms with van der Waals surface area (Å²) >= 11 is 6.16. The topological polar surface area (TPSA) is 29.3 Å². The van der Waals surface area contributed by atoms with Crippen LogP contribution in [-0.2, 0) is 6.42 Å². The van der Waals surface area contributed by atoms with Gasteiger partial charge in [0.25, 0.3) is 0 Å². The van der Waals surface area contributed by atoms with Crippen LogP contribution < -0.4 is 0 Å². The first-order valence-corrected chi connectivity index (χ1v) is 7.00. The second-order valence-corrected chi connectivity index (χ2v) is 5.48. The number of hydrogen-bond donors (Lipinski definition) is 0. The molecule has 1 fully saturated rings. The molecule has 1 aromatic heterocycles. The predicted molar refractivity (Wildman–Crippen MR) is 75.4 cm³/mol. The van der Waals surface area contributed by atoms with Crippen LogP contribution in [0.2, 0.25) is 5.02 Å². The van der Waals surface area contributed by atoms with E-state index < -0.39 is 0 Å². The van der Waals surface area contributed by atoms with E-state index >= 15 is 0 Å². The van der Waals surface area contributed by atoms with E-state index in [1.807, 2.05) is 30.5 Å². The molecule has 0 unspecified atom stereocenters. The van der Waals surface area contributed by atoms with Gasteiger partial charge in [-0.05, 0) is 38.1 Å². The lowest BCUT2D eigenvalue weighted by Gasteiger charge is -2.15. The van der Waals surface area contributed by atoms with Gasteiger partial charge < -0.3 is 4.42 Å². The zero-order valence-electron chi connectivity index (χ0n) is 11.0. The Hall–Kier alpha value is -1.32. The van der Waals surface area contributed by atoms with Crippen molar-refractivity contribution < 1.29 is 4.42 Å². The minimum absolute atomic E-state index is 0.333. The molecule has 0 amide bonds. The summed E-state index contributed by atoms with van der Waals surface area (Å²) in [6, 6.07) is 8.18. The minimum Gasteiger partial charge on any atom is -0.444 e. The Kier molecular flexibility index (Phi) is 3.58. The first kappa shape index (κ1) is 12.7. The van der Waals surface area contributed by atoms with E-state index in [0.29, 0.717) is 12.5 Å². The lowest BCUT2D eigenvalue weighted by molar-refractivity contribution is 0.264. The third-order valence-corrected chi connectivity index (χ3v) is 4.07. The maximum absolute atomic E-state index is 6.16. The Labute approximate surface area is 118 Å². The summed E-state index contributed by atoms with van der Waals surface area (Å²) in [6.07, 6.45) is 4.86. The molecule has 0 bridgehead atoms. The van der Waals surface area contributed by atoms with E-state index in [9.17, 15) is 0 Å². The fraction of sp³-hybridized carbons (Fsp3) is 0.400. The molecule has 1 saturated heterocycles. The van der Waals surface area contributed by atoms with Crippen molar-refractivity contribution >= 4 is 11.6 Å². The molecule has 0 spiro atoms. The van der Waals surface area contributed by atoms with Gasteiger partial charge in [0, 0.05) is 11.4 Å². The molecule has 1 atom stereocenters. The molecule has 19 heavy (non-hydrogen) atoms. The molecular formula is C15H17ClN2O. The van der Waals surface area contributed by atoms with Gasteiger partial charge in [-0.15, -0.1) is 0 Å². The van der Waals surface area contributed by atoms with E-state index in [1.165, 1.54) is 6.42 Å².